The molecular formula is C9H18N2O. The molecular weight excluding hydrogens is 152 g/mol. The van der Waals surface area contributed by atoms with E-state index >= 15 is 0 Å². The van der Waals surface area contributed by atoms with Gasteiger partial charge in [-0.2, -0.15) is 0 Å². The number of hydrogen-bond acceptors (Lipinski definition) is 2. The predicted octanol–water partition coefficient (Wildman–Crippen LogP) is 0.464. The van der Waals surface area contributed by atoms with Crippen LogP contribution in [0.3, 0.4) is 0 Å². The number of nitrogens with zero attached hydrogens (tertiary/aromatic N) is 1. The summed E-state index contributed by atoms with van der Waals surface area (Å²) in [6.45, 7) is 8.06. The summed E-state index contributed by atoms with van der Waals surface area (Å²) in [4.78, 5) is 13.4. The minimum atomic E-state index is 0.112. The largest absolute Gasteiger partial charge is 0.355 e. The molecule has 0 unspecified atom stereocenters. The van der Waals surface area contributed by atoms with E-state index in [1.165, 1.54) is 19.5 Å². The average molecular weight is 170 g/mol. The molecule has 0 saturated carbocycles. The molecule has 0 spiro atoms. The van der Waals surface area contributed by atoms with Crippen molar-refractivity contribution < 1.29 is 4.79 Å². The normalized spacial score (nSPS) is 17.6. The molecule has 1 N–H and O–H groups in total. The standard InChI is InChI=1S/C9H18N2O/c1-8(2)9(12)10-4-7-11-5-3-6-11/h8H,3-7H2,1-2H3,(H,10,12). The van der Waals surface area contributed by atoms with Crippen molar-refractivity contribution in [1.29, 1.82) is 0 Å². The van der Waals surface area contributed by atoms with Crippen LogP contribution in [-0.4, -0.2) is 37.0 Å². The first kappa shape index (κ1) is 9.52. The SMILES string of the molecule is CC(C)C(=O)NCCN1CCC1. The molecule has 70 valence electrons. The van der Waals surface area contributed by atoms with Gasteiger partial charge in [-0.25, -0.2) is 0 Å². The quantitative estimate of drug-likeness (QED) is 0.665. The molecule has 1 rings (SSSR count). The van der Waals surface area contributed by atoms with Crippen LogP contribution in [0.15, 0.2) is 0 Å². The second-order valence-electron chi connectivity index (χ2n) is 3.64. The number of amides is 1. The summed E-state index contributed by atoms with van der Waals surface area (Å²) in [6, 6.07) is 0. The molecule has 1 saturated heterocycles. The van der Waals surface area contributed by atoms with Gasteiger partial charge < -0.3 is 10.2 Å². The monoisotopic (exact) mass is 170 g/mol. The Morgan fingerprint density at radius 2 is 2.17 bits per heavy atom. The molecule has 3 nitrogen and oxygen atoms in total. The van der Waals surface area contributed by atoms with Gasteiger partial charge >= 0.3 is 0 Å². The maximum Gasteiger partial charge on any atom is 0.222 e. The third-order valence-electron chi connectivity index (χ3n) is 2.20. The molecule has 1 aliphatic heterocycles. The van der Waals surface area contributed by atoms with Gasteiger partial charge in [0.15, 0.2) is 0 Å². The molecule has 1 fully saturated rings. The van der Waals surface area contributed by atoms with Gasteiger partial charge in [-0.05, 0) is 19.5 Å². The van der Waals surface area contributed by atoms with Gasteiger partial charge in [-0.15, -0.1) is 0 Å². The van der Waals surface area contributed by atoms with E-state index < -0.39 is 0 Å². The van der Waals surface area contributed by atoms with E-state index in [1.807, 2.05) is 13.8 Å². The van der Waals surface area contributed by atoms with Crippen LogP contribution in [0, 0.1) is 5.92 Å². The smallest absolute Gasteiger partial charge is 0.222 e. The maximum atomic E-state index is 11.1. The van der Waals surface area contributed by atoms with E-state index in [2.05, 4.69) is 10.2 Å². The number of carbonyl (C=O) groups is 1. The van der Waals surface area contributed by atoms with E-state index in [1.54, 1.807) is 0 Å². The van der Waals surface area contributed by atoms with Crippen LogP contribution < -0.4 is 5.32 Å². The molecule has 0 aliphatic carbocycles. The Bertz CT molecular complexity index is 153. The summed E-state index contributed by atoms with van der Waals surface area (Å²) in [5, 5.41) is 2.90. The molecule has 1 heterocycles. The van der Waals surface area contributed by atoms with E-state index in [9.17, 15) is 4.79 Å². The van der Waals surface area contributed by atoms with Crippen LogP contribution in [-0.2, 0) is 4.79 Å². The van der Waals surface area contributed by atoms with E-state index in [0.29, 0.717) is 0 Å². The van der Waals surface area contributed by atoms with Gasteiger partial charge in [0.2, 0.25) is 5.91 Å². The maximum absolute atomic E-state index is 11.1. The Kier molecular flexibility index (Phi) is 3.53. The summed E-state index contributed by atoms with van der Waals surface area (Å²) in [5.74, 6) is 0.275. The van der Waals surface area contributed by atoms with Gasteiger partial charge in [-0.3, -0.25) is 4.79 Å². The molecule has 1 aliphatic rings. The topological polar surface area (TPSA) is 32.3 Å². The van der Waals surface area contributed by atoms with Crippen LogP contribution in [0.2, 0.25) is 0 Å². The molecule has 3 heteroatoms. The first-order valence-electron chi connectivity index (χ1n) is 4.70. The minimum absolute atomic E-state index is 0.112. The highest BCUT2D eigenvalue weighted by atomic mass is 16.1. The van der Waals surface area contributed by atoms with Gasteiger partial charge in [0.1, 0.15) is 0 Å². The molecule has 1 amide bonds. The zero-order valence-electron chi connectivity index (χ0n) is 7.97. The van der Waals surface area contributed by atoms with E-state index in [-0.39, 0.29) is 11.8 Å². The summed E-state index contributed by atoms with van der Waals surface area (Å²) >= 11 is 0. The highest BCUT2D eigenvalue weighted by Crippen LogP contribution is 2.03. The highest BCUT2D eigenvalue weighted by molar-refractivity contribution is 5.77. The van der Waals surface area contributed by atoms with Crippen LogP contribution in [0.5, 0.6) is 0 Å². The second kappa shape index (κ2) is 4.45. The van der Waals surface area contributed by atoms with Crippen molar-refractivity contribution in [2.45, 2.75) is 20.3 Å². The lowest BCUT2D eigenvalue weighted by Crippen LogP contribution is -2.43. The number of likely N-dealkylation sites (tertiary alicyclic amines) is 1. The fraction of sp³-hybridized carbons (Fsp3) is 0.889. The lowest BCUT2D eigenvalue weighted by Gasteiger charge is -2.30. The summed E-state index contributed by atoms with van der Waals surface area (Å²) in [5.41, 5.74) is 0. The number of nitrogens with one attached hydrogen (secondary N) is 1. The fourth-order valence-corrected chi connectivity index (χ4v) is 1.15. The zero-order chi connectivity index (χ0) is 8.97. The van der Waals surface area contributed by atoms with Crippen molar-refractivity contribution >= 4 is 5.91 Å². The van der Waals surface area contributed by atoms with Gasteiger partial charge in [0.05, 0.1) is 0 Å². The Balaban J connectivity index is 1.97. The van der Waals surface area contributed by atoms with Crippen molar-refractivity contribution in [3.63, 3.8) is 0 Å². The molecule has 0 atom stereocenters. The number of hydrogen-bond donors (Lipinski definition) is 1. The van der Waals surface area contributed by atoms with Gasteiger partial charge in [0, 0.05) is 19.0 Å². The average Bonchev–Trinajstić information content (AvgIpc) is 1.93. The van der Waals surface area contributed by atoms with E-state index in [0.717, 1.165) is 13.1 Å². The Morgan fingerprint density at radius 1 is 1.50 bits per heavy atom. The first-order valence-corrected chi connectivity index (χ1v) is 4.70. The Morgan fingerprint density at radius 3 is 2.58 bits per heavy atom. The van der Waals surface area contributed by atoms with Crippen molar-refractivity contribution in [3.8, 4) is 0 Å². The number of rotatable bonds is 4. The molecule has 0 aromatic carbocycles. The minimum Gasteiger partial charge on any atom is -0.355 e. The molecule has 0 aromatic rings. The predicted molar refractivity (Wildman–Crippen MR) is 48.9 cm³/mol. The lowest BCUT2D eigenvalue weighted by atomic mass is 10.2. The molecule has 0 bridgehead atoms. The number of carbonyl (C=O) groups excluding carboxylic acids is 1. The van der Waals surface area contributed by atoms with Crippen LogP contribution in [0.1, 0.15) is 20.3 Å². The summed E-state index contributed by atoms with van der Waals surface area (Å²) < 4.78 is 0. The van der Waals surface area contributed by atoms with Crippen molar-refractivity contribution in [2.24, 2.45) is 5.92 Å². The highest BCUT2D eigenvalue weighted by Gasteiger charge is 2.13. The summed E-state index contributed by atoms with van der Waals surface area (Å²) in [7, 11) is 0. The lowest BCUT2D eigenvalue weighted by molar-refractivity contribution is -0.124. The molecule has 0 aromatic heterocycles. The van der Waals surface area contributed by atoms with Gasteiger partial charge in [0.25, 0.3) is 0 Å². The molecule has 0 radical (unpaired) electrons. The fourth-order valence-electron chi connectivity index (χ4n) is 1.15. The Hall–Kier alpha value is -0.570. The van der Waals surface area contributed by atoms with Gasteiger partial charge in [-0.1, -0.05) is 13.8 Å². The molecule has 12 heavy (non-hydrogen) atoms. The third kappa shape index (κ3) is 2.81. The van der Waals surface area contributed by atoms with Crippen molar-refractivity contribution in [2.75, 3.05) is 26.2 Å². The zero-order valence-corrected chi connectivity index (χ0v) is 7.97. The Labute approximate surface area is 74.1 Å². The van der Waals surface area contributed by atoms with Crippen LogP contribution in [0.4, 0.5) is 0 Å². The van der Waals surface area contributed by atoms with Crippen LogP contribution >= 0.6 is 0 Å². The van der Waals surface area contributed by atoms with E-state index in [4.69, 9.17) is 0 Å². The second-order valence-corrected chi connectivity index (χ2v) is 3.64. The van der Waals surface area contributed by atoms with Crippen LogP contribution in [0.25, 0.3) is 0 Å². The van der Waals surface area contributed by atoms with Crippen molar-refractivity contribution in [1.82, 2.24) is 10.2 Å². The summed E-state index contributed by atoms with van der Waals surface area (Å²) in [6.07, 6.45) is 1.32. The first-order chi connectivity index (χ1) is 5.70. The third-order valence-corrected chi connectivity index (χ3v) is 2.20. The van der Waals surface area contributed by atoms with Crippen molar-refractivity contribution in [3.05, 3.63) is 0 Å².